The fraction of sp³-hybridized carbons (Fsp3) is 0.133. The molecule has 0 saturated carbocycles. The molecule has 21 heavy (non-hydrogen) atoms. The number of phenolic OH excluding ortho intramolecular Hbond substituents is 1. The van der Waals surface area contributed by atoms with E-state index in [1.54, 1.807) is 31.5 Å². The van der Waals surface area contributed by atoms with Crippen molar-refractivity contribution in [1.82, 2.24) is 15.0 Å². The van der Waals surface area contributed by atoms with E-state index in [1.165, 1.54) is 6.33 Å². The first-order chi connectivity index (χ1) is 10.2. The van der Waals surface area contributed by atoms with E-state index < -0.39 is 0 Å². The molecule has 0 aliphatic heterocycles. The smallest absolute Gasteiger partial charge is 0.258 e. The van der Waals surface area contributed by atoms with Crippen LogP contribution in [0.2, 0.25) is 0 Å². The van der Waals surface area contributed by atoms with E-state index >= 15 is 0 Å². The predicted molar refractivity (Wildman–Crippen MR) is 78.0 cm³/mol. The molecule has 0 radical (unpaired) electrons. The molecular formula is C15H13N3O3. The van der Waals surface area contributed by atoms with Crippen LogP contribution in [0, 0.1) is 0 Å². The van der Waals surface area contributed by atoms with Gasteiger partial charge in [0.15, 0.2) is 0 Å². The number of methoxy groups -OCH3 is 1. The second-order valence-electron chi connectivity index (χ2n) is 4.55. The zero-order valence-corrected chi connectivity index (χ0v) is 11.3. The van der Waals surface area contributed by atoms with Crippen molar-refractivity contribution in [2.45, 2.75) is 6.61 Å². The Bertz CT molecular complexity index is 858. The normalized spacial score (nSPS) is 10.9. The van der Waals surface area contributed by atoms with Gasteiger partial charge in [-0.2, -0.15) is 0 Å². The Hall–Kier alpha value is -2.73. The molecule has 2 heterocycles. The van der Waals surface area contributed by atoms with Crippen LogP contribution in [0.4, 0.5) is 0 Å². The summed E-state index contributed by atoms with van der Waals surface area (Å²) in [5, 5.41) is 10.4. The Morgan fingerprint density at radius 3 is 3.00 bits per heavy atom. The standard InChI is InChI=1S/C15H13N3O3/c1-21-7-12-10(3-2-4-16-12)9-5-11-14(13(19)6-9)17-8-18-15(11)20/h2-6,8,19H,7H2,1H3,(H,17,18,20). The molecule has 2 N–H and O–H groups in total. The molecule has 3 aromatic rings. The van der Waals surface area contributed by atoms with E-state index in [9.17, 15) is 9.90 Å². The maximum atomic E-state index is 11.9. The summed E-state index contributed by atoms with van der Waals surface area (Å²) < 4.78 is 5.13. The molecule has 0 atom stereocenters. The summed E-state index contributed by atoms with van der Waals surface area (Å²) in [7, 11) is 1.59. The summed E-state index contributed by atoms with van der Waals surface area (Å²) in [5.74, 6) is -0.0409. The Kier molecular flexibility index (Phi) is 3.37. The summed E-state index contributed by atoms with van der Waals surface area (Å²) in [6, 6.07) is 6.93. The molecule has 0 bridgehead atoms. The largest absolute Gasteiger partial charge is 0.506 e. The minimum atomic E-state index is -0.297. The first-order valence-electron chi connectivity index (χ1n) is 6.34. The average molecular weight is 283 g/mol. The number of aromatic amines is 1. The highest BCUT2D eigenvalue weighted by molar-refractivity contribution is 5.89. The number of fused-ring (bicyclic) bond motifs is 1. The predicted octanol–water partition coefficient (Wildman–Crippen LogP) is 1.84. The number of hydrogen-bond donors (Lipinski definition) is 2. The fourth-order valence-corrected chi connectivity index (χ4v) is 2.27. The maximum absolute atomic E-state index is 11.9. The van der Waals surface area contributed by atoms with Crippen LogP contribution in [0.5, 0.6) is 5.75 Å². The van der Waals surface area contributed by atoms with Gasteiger partial charge in [0.1, 0.15) is 11.3 Å². The zero-order chi connectivity index (χ0) is 14.8. The quantitative estimate of drug-likeness (QED) is 0.765. The minimum absolute atomic E-state index is 0.0409. The number of H-pyrrole nitrogens is 1. The number of nitrogens with one attached hydrogen (secondary N) is 1. The lowest BCUT2D eigenvalue weighted by molar-refractivity contribution is 0.182. The molecule has 0 aliphatic rings. The van der Waals surface area contributed by atoms with Crippen molar-refractivity contribution in [3.05, 3.63) is 52.8 Å². The number of aromatic hydroxyl groups is 1. The number of nitrogens with zero attached hydrogens (tertiary/aromatic N) is 2. The number of pyridine rings is 1. The summed E-state index contributed by atoms with van der Waals surface area (Å²) in [6.07, 6.45) is 2.94. The Labute approximate surface area is 120 Å². The van der Waals surface area contributed by atoms with Crippen LogP contribution in [0.3, 0.4) is 0 Å². The Morgan fingerprint density at radius 2 is 2.19 bits per heavy atom. The number of benzene rings is 1. The molecule has 0 unspecified atom stereocenters. The third kappa shape index (κ3) is 2.36. The van der Waals surface area contributed by atoms with Gasteiger partial charge >= 0.3 is 0 Å². The lowest BCUT2D eigenvalue weighted by Gasteiger charge is -2.09. The number of aromatic nitrogens is 3. The molecule has 3 rings (SSSR count). The highest BCUT2D eigenvalue weighted by Gasteiger charge is 2.11. The van der Waals surface area contributed by atoms with Crippen molar-refractivity contribution >= 4 is 10.9 Å². The van der Waals surface area contributed by atoms with E-state index in [2.05, 4.69) is 15.0 Å². The van der Waals surface area contributed by atoms with Crippen LogP contribution >= 0.6 is 0 Å². The van der Waals surface area contributed by atoms with Crippen LogP contribution < -0.4 is 5.56 Å². The fourth-order valence-electron chi connectivity index (χ4n) is 2.27. The molecule has 2 aromatic heterocycles. The van der Waals surface area contributed by atoms with Gasteiger partial charge < -0.3 is 14.8 Å². The minimum Gasteiger partial charge on any atom is -0.506 e. The highest BCUT2D eigenvalue weighted by Crippen LogP contribution is 2.30. The van der Waals surface area contributed by atoms with Crippen LogP contribution in [-0.4, -0.2) is 27.2 Å². The third-order valence-corrected chi connectivity index (χ3v) is 3.21. The van der Waals surface area contributed by atoms with Crippen molar-refractivity contribution in [1.29, 1.82) is 0 Å². The monoisotopic (exact) mass is 283 g/mol. The van der Waals surface area contributed by atoms with E-state index in [0.717, 1.165) is 11.3 Å². The maximum Gasteiger partial charge on any atom is 0.258 e. The lowest BCUT2D eigenvalue weighted by atomic mass is 10.0. The van der Waals surface area contributed by atoms with E-state index in [0.29, 0.717) is 17.6 Å². The van der Waals surface area contributed by atoms with Gasteiger partial charge in [-0.3, -0.25) is 9.78 Å². The van der Waals surface area contributed by atoms with Crippen LogP contribution in [-0.2, 0) is 11.3 Å². The van der Waals surface area contributed by atoms with Gasteiger partial charge in [-0.15, -0.1) is 0 Å². The number of hydrogen-bond acceptors (Lipinski definition) is 5. The van der Waals surface area contributed by atoms with E-state index in [-0.39, 0.29) is 16.8 Å². The Balaban J connectivity index is 2.27. The highest BCUT2D eigenvalue weighted by atomic mass is 16.5. The lowest BCUT2D eigenvalue weighted by Crippen LogP contribution is -2.06. The first-order valence-corrected chi connectivity index (χ1v) is 6.34. The van der Waals surface area contributed by atoms with E-state index in [1.807, 2.05) is 6.07 Å². The summed E-state index contributed by atoms with van der Waals surface area (Å²) in [6.45, 7) is 0.346. The first kappa shape index (κ1) is 13.3. The Morgan fingerprint density at radius 1 is 1.33 bits per heavy atom. The molecule has 1 aromatic carbocycles. The van der Waals surface area contributed by atoms with Crippen molar-refractivity contribution in [2.24, 2.45) is 0 Å². The van der Waals surface area contributed by atoms with Gasteiger partial charge in [-0.25, -0.2) is 4.98 Å². The number of ether oxygens (including phenoxy) is 1. The summed E-state index contributed by atoms with van der Waals surface area (Å²) in [5.41, 5.74) is 2.21. The summed E-state index contributed by atoms with van der Waals surface area (Å²) >= 11 is 0. The van der Waals surface area contributed by atoms with Gasteiger partial charge in [0, 0.05) is 18.9 Å². The zero-order valence-electron chi connectivity index (χ0n) is 11.3. The van der Waals surface area contributed by atoms with Gasteiger partial charge in [0.2, 0.25) is 0 Å². The van der Waals surface area contributed by atoms with Gasteiger partial charge in [-0.05, 0) is 23.8 Å². The molecule has 0 spiro atoms. The van der Waals surface area contributed by atoms with Crippen molar-refractivity contribution in [2.75, 3.05) is 7.11 Å². The van der Waals surface area contributed by atoms with Gasteiger partial charge in [-0.1, -0.05) is 6.07 Å². The SMILES string of the molecule is COCc1ncccc1-c1cc(O)c2nc[nH]c(=O)c2c1. The number of phenols is 1. The van der Waals surface area contributed by atoms with Crippen molar-refractivity contribution in [3.63, 3.8) is 0 Å². The van der Waals surface area contributed by atoms with Crippen LogP contribution in [0.25, 0.3) is 22.0 Å². The topological polar surface area (TPSA) is 88.1 Å². The molecule has 0 aliphatic carbocycles. The second-order valence-corrected chi connectivity index (χ2v) is 4.55. The van der Waals surface area contributed by atoms with Crippen molar-refractivity contribution in [3.8, 4) is 16.9 Å². The van der Waals surface area contributed by atoms with Crippen LogP contribution in [0.15, 0.2) is 41.6 Å². The van der Waals surface area contributed by atoms with Crippen LogP contribution in [0.1, 0.15) is 5.69 Å². The molecule has 0 fully saturated rings. The average Bonchev–Trinajstić information content (AvgIpc) is 2.49. The second kappa shape index (κ2) is 5.34. The molecule has 106 valence electrons. The molecule has 6 nitrogen and oxygen atoms in total. The van der Waals surface area contributed by atoms with Gasteiger partial charge in [0.05, 0.1) is 24.0 Å². The summed E-state index contributed by atoms with van der Waals surface area (Å²) in [4.78, 5) is 22.6. The molecular weight excluding hydrogens is 270 g/mol. The molecule has 0 amide bonds. The molecule has 0 saturated heterocycles. The number of rotatable bonds is 3. The van der Waals surface area contributed by atoms with Crippen molar-refractivity contribution < 1.29 is 9.84 Å². The van der Waals surface area contributed by atoms with E-state index in [4.69, 9.17) is 4.74 Å². The third-order valence-electron chi connectivity index (χ3n) is 3.21. The van der Waals surface area contributed by atoms with Gasteiger partial charge in [0.25, 0.3) is 5.56 Å². The molecule has 6 heteroatoms.